The van der Waals surface area contributed by atoms with Crippen molar-refractivity contribution in [3.05, 3.63) is 102 Å². The summed E-state index contributed by atoms with van der Waals surface area (Å²) in [6.45, 7) is 3.89. The van der Waals surface area contributed by atoms with Crippen LogP contribution in [0.1, 0.15) is 36.8 Å². The topological polar surface area (TPSA) is 61.9 Å². The molecule has 0 atom stereocenters. The Morgan fingerprint density at radius 1 is 0.622 bits per heavy atom. The van der Waals surface area contributed by atoms with E-state index in [0.717, 1.165) is 96.5 Å². The van der Waals surface area contributed by atoms with Crippen molar-refractivity contribution in [1.82, 2.24) is 24.3 Å². The molecule has 7 nitrogen and oxygen atoms in total. The van der Waals surface area contributed by atoms with Crippen LogP contribution in [-0.4, -0.2) is 91.1 Å². The summed E-state index contributed by atoms with van der Waals surface area (Å²) >= 11 is 0. The van der Waals surface area contributed by atoms with Crippen LogP contribution >= 0.6 is 0 Å². The zero-order valence-corrected chi connectivity index (χ0v) is 27.1. The molecule has 5 rings (SSSR count). The van der Waals surface area contributed by atoms with E-state index in [1.807, 2.05) is 18.5 Å². The highest BCUT2D eigenvalue weighted by Gasteiger charge is 2.15. The van der Waals surface area contributed by atoms with Gasteiger partial charge in [-0.25, -0.2) is 9.97 Å². The Morgan fingerprint density at radius 2 is 1.18 bits per heavy atom. The van der Waals surface area contributed by atoms with Gasteiger partial charge in [-0.1, -0.05) is 66.7 Å². The molecule has 0 radical (unpaired) electrons. The van der Waals surface area contributed by atoms with Crippen molar-refractivity contribution in [1.29, 1.82) is 0 Å². The highest BCUT2D eigenvalue weighted by molar-refractivity contribution is 5.94. The zero-order chi connectivity index (χ0) is 31.4. The fraction of sp³-hybridized carbons (Fsp3) is 0.316. The van der Waals surface area contributed by atoms with Gasteiger partial charge in [-0.2, -0.15) is 0 Å². The number of hydrogen-bond acceptors (Lipinski definition) is 6. The van der Waals surface area contributed by atoms with Gasteiger partial charge in [-0.15, -0.1) is 0 Å². The first-order valence-electron chi connectivity index (χ1n) is 15.9. The van der Waals surface area contributed by atoms with Crippen LogP contribution in [0.4, 0.5) is 0 Å². The predicted octanol–water partition coefficient (Wildman–Crippen LogP) is 7.28. The van der Waals surface area contributed by atoms with Crippen LogP contribution in [0.15, 0.2) is 101 Å². The van der Waals surface area contributed by atoms with Crippen LogP contribution in [0.2, 0.25) is 0 Å². The number of rotatable bonds is 15. The Hall–Kier alpha value is -4.46. The lowest BCUT2D eigenvalue weighted by molar-refractivity contribution is 0.396. The monoisotopic (exact) mass is 599 g/mol. The average Bonchev–Trinajstić information content (AvgIpc) is 3.49. The van der Waals surface area contributed by atoms with Crippen molar-refractivity contribution in [2.75, 3.05) is 54.4 Å². The quantitative estimate of drug-likeness (QED) is 0.0938. The maximum absolute atomic E-state index is 5.13. The van der Waals surface area contributed by atoms with E-state index in [4.69, 9.17) is 9.97 Å². The molecular weight excluding hydrogens is 554 g/mol. The van der Waals surface area contributed by atoms with Crippen LogP contribution in [0.5, 0.6) is 0 Å². The van der Waals surface area contributed by atoms with Crippen LogP contribution in [-0.2, 0) is 0 Å². The summed E-state index contributed by atoms with van der Waals surface area (Å²) in [5, 5.41) is 1.02. The molecule has 0 spiro atoms. The Labute approximate surface area is 268 Å². The molecule has 0 saturated heterocycles. The largest absolute Gasteiger partial charge is 0.309 e. The lowest BCUT2D eigenvalue weighted by atomic mass is 10.1. The fourth-order valence-electron chi connectivity index (χ4n) is 5.21. The van der Waals surface area contributed by atoms with Crippen molar-refractivity contribution in [2.45, 2.75) is 25.7 Å². The summed E-state index contributed by atoms with van der Waals surface area (Å²) in [7, 11) is 8.43. The van der Waals surface area contributed by atoms with E-state index in [1.54, 1.807) is 0 Å². The molecule has 0 amide bonds. The molecule has 3 aromatic carbocycles. The molecule has 0 saturated carbocycles. The second kappa shape index (κ2) is 16.0. The van der Waals surface area contributed by atoms with Crippen molar-refractivity contribution in [3.8, 4) is 28.3 Å². The number of benzene rings is 3. The van der Waals surface area contributed by atoms with Gasteiger partial charge in [0.2, 0.25) is 0 Å². The van der Waals surface area contributed by atoms with E-state index in [9.17, 15) is 0 Å². The maximum atomic E-state index is 5.13. The molecule has 0 aliphatic carbocycles. The molecule has 2 heterocycles. The van der Waals surface area contributed by atoms with Crippen molar-refractivity contribution >= 4 is 23.5 Å². The minimum absolute atomic E-state index is 0.698. The highest BCUT2D eigenvalue weighted by atomic mass is 15.1. The van der Waals surface area contributed by atoms with Crippen molar-refractivity contribution in [2.24, 2.45) is 9.98 Å². The van der Waals surface area contributed by atoms with E-state index >= 15 is 0 Å². The minimum Gasteiger partial charge on any atom is -0.309 e. The first-order valence-corrected chi connectivity index (χ1v) is 15.9. The van der Waals surface area contributed by atoms with Crippen molar-refractivity contribution < 1.29 is 0 Å². The minimum atomic E-state index is 0.698. The fourth-order valence-corrected chi connectivity index (χ4v) is 5.21. The summed E-state index contributed by atoms with van der Waals surface area (Å²) in [6, 6.07) is 29.3. The summed E-state index contributed by atoms with van der Waals surface area (Å²) in [4.78, 5) is 23.9. The van der Waals surface area contributed by atoms with Crippen LogP contribution in [0.3, 0.4) is 0 Å². The van der Waals surface area contributed by atoms with Crippen LogP contribution < -0.4 is 0 Å². The van der Waals surface area contributed by atoms with Gasteiger partial charge in [0, 0.05) is 53.9 Å². The van der Waals surface area contributed by atoms with Gasteiger partial charge < -0.3 is 14.4 Å². The highest BCUT2D eigenvalue weighted by Crippen LogP contribution is 2.31. The third kappa shape index (κ3) is 9.03. The summed E-state index contributed by atoms with van der Waals surface area (Å²) in [5.41, 5.74) is 7.06. The van der Waals surface area contributed by atoms with Gasteiger partial charge in [0.15, 0.2) is 5.82 Å². The molecule has 5 aromatic rings. The third-order valence-corrected chi connectivity index (χ3v) is 7.70. The first kappa shape index (κ1) is 31.9. The normalized spacial score (nSPS) is 12.0. The third-order valence-electron chi connectivity index (χ3n) is 7.70. The number of para-hydroxylation sites is 1. The molecule has 0 fully saturated rings. The molecule has 7 heteroatoms. The van der Waals surface area contributed by atoms with E-state index in [2.05, 4.69) is 138 Å². The standard InChI is InChI=1S/C38H45N7/c1-43(2)25-10-8-23-39-28-30-14-18-32(19-15-30)36-35-22-27-45(34-12-6-5-7-13-34)38(35)42-37(41-36)33-20-16-31(17-21-33)29-40-24-9-11-26-44(3)4/h5-7,12-22,27-29H,8-11,23-26H2,1-4H3. The Kier molecular flexibility index (Phi) is 11.4. The number of aromatic nitrogens is 3. The van der Waals surface area contributed by atoms with Gasteiger partial charge in [-0.05, 0) is 96.3 Å². The average molecular weight is 600 g/mol. The second-order valence-electron chi connectivity index (χ2n) is 12.0. The molecule has 2 aromatic heterocycles. The molecular formula is C38H45N7. The molecule has 232 valence electrons. The summed E-state index contributed by atoms with van der Waals surface area (Å²) in [5.74, 6) is 0.698. The summed E-state index contributed by atoms with van der Waals surface area (Å²) < 4.78 is 2.14. The van der Waals surface area contributed by atoms with Gasteiger partial charge in [-0.3, -0.25) is 9.98 Å². The van der Waals surface area contributed by atoms with Gasteiger partial charge in [0.25, 0.3) is 0 Å². The number of fused-ring (bicyclic) bond motifs is 1. The molecule has 0 N–H and O–H groups in total. The molecule has 0 unspecified atom stereocenters. The number of hydrogen-bond donors (Lipinski definition) is 0. The number of nitrogens with zero attached hydrogens (tertiary/aromatic N) is 7. The number of aliphatic imine (C=N–C) groups is 2. The molecule has 0 aliphatic rings. The Bertz CT molecular complexity index is 1680. The zero-order valence-electron chi connectivity index (χ0n) is 27.1. The predicted molar refractivity (Wildman–Crippen MR) is 190 cm³/mol. The van der Waals surface area contributed by atoms with Crippen LogP contribution in [0, 0.1) is 0 Å². The van der Waals surface area contributed by atoms with Crippen LogP contribution in [0.25, 0.3) is 39.4 Å². The van der Waals surface area contributed by atoms with E-state index in [0.29, 0.717) is 5.82 Å². The van der Waals surface area contributed by atoms with E-state index < -0.39 is 0 Å². The number of unbranched alkanes of at least 4 members (excludes halogenated alkanes) is 2. The molecule has 0 aliphatic heterocycles. The van der Waals surface area contributed by atoms with Gasteiger partial charge >= 0.3 is 0 Å². The lowest BCUT2D eigenvalue weighted by Gasteiger charge is -2.10. The summed E-state index contributed by atoms with van der Waals surface area (Å²) in [6.07, 6.45) is 10.5. The maximum Gasteiger partial charge on any atom is 0.162 e. The van der Waals surface area contributed by atoms with Crippen molar-refractivity contribution in [3.63, 3.8) is 0 Å². The first-order chi connectivity index (χ1) is 22.0. The lowest BCUT2D eigenvalue weighted by Crippen LogP contribution is -2.12. The van der Waals surface area contributed by atoms with Gasteiger partial charge in [0.1, 0.15) is 5.65 Å². The molecule has 45 heavy (non-hydrogen) atoms. The molecule has 0 bridgehead atoms. The van der Waals surface area contributed by atoms with Gasteiger partial charge in [0.05, 0.1) is 5.69 Å². The SMILES string of the molecule is CN(C)CCCCN=Cc1ccc(-c2nc(-c3ccc(C=NCCCCN(C)C)cc3)c3ccn(-c4ccccc4)c3n2)cc1. The van der Waals surface area contributed by atoms with E-state index in [1.165, 1.54) is 0 Å². The van der Waals surface area contributed by atoms with E-state index in [-0.39, 0.29) is 0 Å². The smallest absolute Gasteiger partial charge is 0.162 e. The second-order valence-corrected chi connectivity index (χ2v) is 12.0. The Morgan fingerprint density at radius 3 is 1.73 bits per heavy atom. The Balaban J connectivity index is 1.40.